The van der Waals surface area contributed by atoms with Crippen molar-refractivity contribution in [1.82, 2.24) is 25.3 Å². The number of aliphatic carboxylic acids is 1. The monoisotopic (exact) mass is 289 g/mol. The van der Waals surface area contributed by atoms with E-state index in [1.165, 1.54) is 6.33 Å². The molecular weight excluding hydrogens is 274 g/mol. The van der Waals surface area contributed by atoms with Crippen LogP contribution in [0.2, 0.25) is 0 Å². The summed E-state index contributed by atoms with van der Waals surface area (Å²) < 4.78 is 0. The van der Waals surface area contributed by atoms with Gasteiger partial charge in [-0.2, -0.15) is 0 Å². The molecule has 2 heterocycles. The van der Waals surface area contributed by atoms with E-state index in [1.54, 1.807) is 12.4 Å². The summed E-state index contributed by atoms with van der Waals surface area (Å²) in [7, 11) is 0. The standard InChI is InChI=1S/C13H15N5O3/c19-10(2-1-3-11(20)21)14-5-4-9-12-13(18-8-17-9)16-7-6-15-12/h6-8H,1-5H2,(H,14,19)(H,20,21). The molecule has 1 amide bonds. The number of nitrogens with zero attached hydrogens (tertiary/aromatic N) is 4. The molecule has 0 aliphatic heterocycles. The topological polar surface area (TPSA) is 118 Å². The number of carboxylic acids is 1. The molecule has 8 heteroatoms. The van der Waals surface area contributed by atoms with Gasteiger partial charge in [-0.3, -0.25) is 9.59 Å². The van der Waals surface area contributed by atoms with Crippen molar-refractivity contribution < 1.29 is 14.7 Å². The fourth-order valence-electron chi connectivity index (χ4n) is 1.83. The van der Waals surface area contributed by atoms with Crippen LogP contribution in [0.3, 0.4) is 0 Å². The van der Waals surface area contributed by atoms with Crippen LogP contribution in [0.4, 0.5) is 0 Å². The van der Waals surface area contributed by atoms with Gasteiger partial charge >= 0.3 is 5.97 Å². The molecule has 2 N–H and O–H groups in total. The van der Waals surface area contributed by atoms with E-state index in [2.05, 4.69) is 25.3 Å². The van der Waals surface area contributed by atoms with Gasteiger partial charge < -0.3 is 10.4 Å². The van der Waals surface area contributed by atoms with Gasteiger partial charge in [0.2, 0.25) is 5.91 Å². The third-order valence-electron chi connectivity index (χ3n) is 2.82. The molecule has 8 nitrogen and oxygen atoms in total. The molecule has 0 atom stereocenters. The maximum atomic E-state index is 11.5. The minimum atomic E-state index is -0.895. The van der Waals surface area contributed by atoms with Gasteiger partial charge in [0.1, 0.15) is 11.8 Å². The van der Waals surface area contributed by atoms with Crippen LogP contribution in [0.5, 0.6) is 0 Å². The molecule has 0 bridgehead atoms. The van der Waals surface area contributed by atoms with E-state index in [9.17, 15) is 9.59 Å². The van der Waals surface area contributed by atoms with E-state index in [-0.39, 0.29) is 18.7 Å². The van der Waals surface area contributed by atoms with Gasteiger partial charge in [0, 0.05) is 38.2 Å². The van der Waals surface area contributed by atoms with Crippen LogP contribution >= 0.6 is 0 Å². The van der Waals surface area contributed by atoms with E-state index in [0.29, 0.717) is 30.6 Å². The molecule has 0 aliphatic carbocycles. The van der Waals surface area contributed by atoms with E-state index in [1.807, 2.05) is 0 Å². The third-order valence-corrected chi connectivity index (χ3v) is 2.82. The lowest BCUT2D eigenvalue weighted by atomic mass is 10.2. The fraction of sp³-hybridized carbons (Fsp3) is 0.385. The lowest BCUT2D eigenvalue weighted by molar-refractivity contribution is -0.137. The van der Waals surface area contributed by atoms with Gasteiger partial charge in [-0.1, -0.05) is 0 Å². The molecule has 0 saturated heterocycles. The molecule has 21 heavy (non-hydrogen) atoms. The Morgan fingerprint density at radius 1 is 1.10 bits per heavy atom. The predicted octanol–water partition coefficient (Wildman–Crippen LogP) is 0.333. The summed E-state index contributed by atoms with van der Waals surface area (Å²) >= 11 is 0. The van der Waals surface area contributed by atoms with E-state index in [0.717, 1.165) is 5.69 Å². The predicted molar refractivity (Wildman–Crippen MR) is 73.3 cm³/mol. The molecule has 2 aromatic rings. The highest BCUT2D eigenvalue weighted by atomic mass is 16.4. The van der Waals surface area contributed by atoms with Crippen LogP contribution in [0.25, 0.3) is 11.2 Å². The number of carbonyl (C=O) groups is 2. The zero-order valence-electron chi connectivity index (χ0n) is 11.3. The Kier molecular flexibility index (Phi) is 5.08. The van der Waals surface area contributed by atoms with Gasteiger partial charge in [-0.25, -0.2) is 19.9 Å². The highest BCUT2D eigenvalue weighted by molar-refractivity contribution is 5.77. The Labute approximate surface area is 120 Å². The number of carbonyl (C=O) groups excluding carboxylic acids is 1. The van der Waals surface area contributed by atoms with Crippen molar-refractivity contribution in [3.8, 4) is 0 Å². The molecule has 110 valence electrons. The highest BCUT2D eigenvalue weighted by Gasteiger charge is 2.07. The van der Waals surface area contributed by atoms with Gasteiger partial charge in [0.15, 0.2) is 5.65 Å². The average molecular weight is 289 g/mol. The van der Waals surface area contributed by atoms with Crippen molar-refractivity contribution in [3.05, 3.63) is 24.4 Å². The van der Waals surface area contributed by atoms with Crippen LogP contribution < -0.4 is 5.32 Å². The molecule has 0 radical (unpaired) electrons. The Morgan fingerprint density at radius 3 is 2.71 bits per heavy atom. The first-order valence-corrected chi connectivity index (χ1v) is 6.56. The van der Waals surface area contributed by atoms with Crippen LogP contribution in [-0.4, -0.2) is 43.5 Å². The second-order valence-electron chi connectivity index (χ2n) is 4.40. The Bertz CT molecular complexity index is 641. The average Bonchev–Trinajstić information content (AvgIpc) is 2.47. The van der Waals surface area contributed by atoms with E-state index in [4.69, 9.17) is 5.11 Å². The summed E-state index contributed by atoms with van der Waals surface area (Å²) in [6.45, 7) is 0.411. The van der Waals surface area contributed by atoms with Crippen molar-refractivity contribution in [2.24, 2.45) is 0 Å². The van der Waals surface area contributed by atoms with Crippen molar-refractivity contribution in [2.45, 2.75) is 25.7 Å². The smallest absolute Gasteiger partial charge is 0.303 e. The molecule has 2 aromatic heterocycles. The molecule has 0 spiro atoms. The Morgan fingerprint density at radius 2 is 1.90 bits per heavy atom. The lowest BCUT2D eigenvalue weighted by Gasteiger charge is -2.05. The van der Waals surface area contributed by atoms with Crippen molar-refractivity contribution in [3.63, 3.8) is 0 Å². The van der Waals surface area contributed by atoms with Crippen LogP contribution in [0.15, 0.2) is 18.7 Å². The number of nitrogens with one attached hydrogen (secondary N) is 1. The number of hydrogen-bond donors (Lipinski definition) is 2. The van der Waals surface area contributed by atoms with E-state index >= 15 is 0 Å². The Balaban J connectivity index is 1.82. The largest absolute Gasteiger partial charge is 0.481 e. The first kappa shape index (κ1) is 14.8. The van der Waals surface area contributed by atoms with Crippen LogP contribution in [0, 0.1) is 0 Å². The van der Waals surface area contributed by atoms with Gasteiger partial charge in [-0.15, -0.1) is 0 Å². The first-order valence-electron chi connectivity index (χ1n) is 6.56. The van der Waals surface area contributed by atoms with Crippen molar-refractivity contribution in [1.29, 1.82) is 0 Å². The van der Waals surface area contributed by atoms with Crippen LogP contribution in [0.1, 0.15) is 25.0 Å². The number of carboxylic acid groups (broad SMARTS) is 1. The number of amides is 1. The number of rotatable bonds is 7. The molecule has 2 rings (SSSR count). The first-order chi connectivity index (χ1) is 10.2. The molecule has 0 saturated carbocycles. The summed E-state index contributed by atoms with van der Waals surface area (Å²) in [6, 6.07) is 0. The van der Waals surface area contributed by atoms with Crippen molar-refractivity contribution >= 4 is 23.0 Å². The summed E-state index contributed by atoms with van der Waals surface area (Å²) in [5, 5.41) is 11.2. The minimum absolute atomic E-state index is 0.000439. The minimum Gasteiger partial charge on any atom is -0.481 e. The van der Waals surface area contributed by atoms with Crippen molar-refractivity contribution in [2.75, 3.05) is 6.54 Å². The molecule has 0 aliphatic rings. The zero-order valence-corrected chi connectivity index (χ0v) is 11.3. The summed E-state index contributed by atoms with van der Waals surface area (Å²) in [5.41, 5.74) is 1.87. The quantitative estimate of drug-likeness (QED) is 0.754. The maximum Gasteiger partial charge on any atom is 0.303 e. The molecule has 0 fully saturated rings. The second kappa shape index (κ2) is 7.22. The third kappa shape index (κ3) is 4.44. The molecular formula is C13H15N5O3. The highest BCUT2D eigenvalue weighted by Crippen LogP contribution is 2.08. The van der Waals surface area contributed by atoms with E-state index < -0.39 is 5.97 Å². The molecule has 0 aromatic carbocycles. The fourth-order valence-corrected chi connectivity index (χ4v) is 1.83. The molecule has 0 unspecified atom stereocenters. The van der Waals surface area contributed by atoms with Gasteiger partial charge in [-0.05, 0) is 6.42 Å². The number of fused-ring (bicyclic) bond motifs is 1. The number of hydrogen-bond acceptors (Lipinski definition) is 6. The van der Waals surface area contributed by atoms with Crippen LogP contribution in [-0.2, 0) is 16.0 Å². The van der Waals surface area contributed by atoms with Gasteiger partial charge in [0.25, 0.3) is 0 Å². The SMILES string of the molecule is O=C(O)CCCC(=O)NCCc1ncnc2nccnc12. The Hall–Kier alpha value is -2.64. The summed E-state index contributed by atoms with van der Waals surface area (Å²) in [5.74, 6) is -1.06. The number of aromatic nitrogens is 4. The van der Waals surface area contributed by atoms with Gasteiger partial charge in [0.05, 0.1) is 5.69 Å². The normalized spacial score (nSPS) is 10.5. The lowest BCUT2D eigenvalue weighted by Crippen LogP contribution is -2.25. The summed E-state index contributed by atoms with van der Waals surface area (Å²) in [4.78, 5) is 38.3. The maximum absolute atomic E-state index is 11.5. The summed E-state index contributed by atoms with van der Waals surface area (Å²) in [6.07, 6.45) is 5.60. The zero-order chi connectivity index (χ0) is 15.1. The second-order valence-corrected chi connectivity index (χ2v) is 4.40.